The van der Waals surface area contributed by atoms with E-state index < -0.39 is 24.5 Å². The van der Waals surface area contributed by atoms with Crippen molar-refractivity contribution in [3.8, 4) is 0 Å². The van der Waals surface area contributed by atoms with E-state index in [0.717, 1.165) is 5.69 Å². The van der Waals surface area contributed by atoms with E-state index in [0.29, 0.717) is 5.56 Å². The molecule has 0 aromatic heterocycles. The highest BCUT2D eigenvalue weighted by atomic mass is 16.4. The second kappa shape index (κ2) is 5.86. The molecule has 1 amide bonds. The second-order valence-electron chi connectivity index (χ2n) is 3.37. The van der Waals surface area contributed by atoms with Gasteiger partial charge in [-0.05, 0) is 24.3 Å². The first kappa shape index (κ1) is 13.0. The van der Waals surface area contributed by atoms with E-state index in [1.54, 1.807) is 31.3 Å². The van der Waals surface area contributed by atoms with Crippen molar-refractivity contribution in [1.29, 1.82) is 0 Å². The molecule has 0 bridgehead atoms. The zero-order chi connectivity index (χ0) is 12.8. The summed E-state index contributed by atoms with van der Waals surface area (Å²) in [6.45, 7) is -0.643. The number of hydrogen-bond donors (Lipinski definition) is 4. The number of benzene rings is 1. The van der Waals surface area contributed by atoms with Gasteiger partial charge < -0.3 is 20.8 Å². The molecule has 0 saturated carbocycles. The third kappa shape index (κ3) is 3.46. The van der Waals surface area contributed by atoms with Gasteiger partial charge in [0.1, 0.15) is 0 Å². The Labute approximate surface area is 98.3 Å². The van der Waals surface area contributed by atoms with Crippen LogP contribution in [0.3, 0.4) is 0 Å². The third-order valence-electron chi connectivity index (χ3n) is 2.22. The maximum atomic E-state index is 11.6. The molecule has 0 aliphatic carbocycles. The summed E-state index contributed by atoms with van der Waals surface area (Å²) in [6, 6.07) is 5.24. The van der Waals surface area contributed by atoms with Crippen molar-refractivity contribution in [3.05, 3.63) is 29.8 Å². The Bertz CT molecular complexity index is 402. The van der Waals surface area contributed by atoms with E-state index in [-0.39, 0.29) is 0 Å². The molecule has 92 valence electrons. The van der Waals surface area contributed by atoms with Gasteiger partial charge in [-0.2, -0.15) is 0 Å². The highest BCUT2D eigenvalue weighted by molar-refractivity contribution is 5.96. The lowest BCUT2D eigenvalue weighted by Gasteiger charge is -2.11. The molecule has 0 aliphatic rings. The Hall–Kier alpha value is -2.08. The smallest absolute Gasteiger partial charge is 0.328 e. The molecule has 1 unspecified atom stereocenters. The number of carboxylic acids is 1. The SMILES string of the molecule is CNc1ccc(C(=O)NC(CO)C(=O)O)cc1. The predicted molar refractivity (Wildman–Crippen MR) is 62.0 cm³/mol. The number of carbonyl (C=O) groups is 2. The highest BCUT2D eigenvalue weighted by Gasteiger charge is 2.19. The quantitative estimate of drug-likeness (QED) is 0.574. The standard InChI is InChI=1S/C11H14N2O4/c1-12-8-4-2-7(3-5-8)10(15)13-9(6-14)11(16)17/h2-5,9,12,14H,6H2,1H3,(H,13,15)(H,16,17). The highest BCUT2D eigenvalue weighted by Crippen LogP contribution is 2.08. The van der Waals surface area contributed by atoms with Crippen molar-refractivity contribution in [3.63, 3.8) is 0 Å². The van der Waals surface area contributed by atoms with Gasteiger partial charge in [-0.25, -0.2) is 4.79 Å². The Morgan fingerprint density at radius 1 is 1.29 bits per heavy atom. The minimum absolute atomic E-state index is 0.337. The molecule has 1 atom stereocenters. The van der Waals surface area contributed by atoms with Crippen molar-refractivity contribution in [1.82, 2.24) is 5.32 Å². The second-order valence-corrected chi connectivity index (χ2v) is 3.37. The lowest BCUT2D eigenvalue weighted by atomic mass is 10.2. The van der Waals surface area contributed by atoms with E-state index in [1.807, 2.05) is 0 Å². The number of aliphatic hydroxyl groups excluding tert-OH is 1. The Balaban J connectivity index is 2.72. The van der Waals surface area contributed by atoms with Gasteiger partial charge in [0, 0.05) is 18.3 Å². The molecule has 0 radical (unpaired) electrons. The summed E-state index contributed by atoms with van der Waals surface area (Å²) in [5.74, 6) is -1.80. The maximum absolute atomic E-state index is 11.6. The number of carbonyl (C=O) groups excluding carboxylic acids is 1. The van der Waals surface area contributed by atoms with Crippen LogP contribution in [0.25, 0.3) is 0 Å². The van der Waals surface area contributed by atoms with E-state index >= 15 is 0 Å². The summed E-state index contributed by atoms with van der Waals surface area (Å²) in [5.41, 5.74) is 1.18. The van der Waals surface area contributed by atoms with E-state index in [1.165, 1.54) is 0 Å². The van der Waals surface area contributed by atoms with Crippen molar-refractivity contribution in [2.75, 3.05) is 19.0 Å². The van der Waals surface area contributed by atoms with Crippen LogP contribution in [-0.4, -0.2) is 41.8 Å². The van der Waals surface area contributed by atoms with Crippen LogP contribution in [0.2, 0.25) is 0 Å². The summed E-state index contributed by atoms with van der Waals surface area (Å²) >= 11 is 0. The van der Waals surface area contributed by atoms with Gasteiger partial charge in [0.15, 0.2) is 6.04 Å². The van der Waals surface area contributed by atoms with Crippen molar-refractivity contribution >= 4 is 17.6 Å². The van der Waals surface area contributed by atoms with Crippen LogP contribution in [0, 0.1) is 0 Å². The summed E-state index contributed by atoms with van der Waals surface area (Å²) in [5, 5.41) is 22.5. The van der Waals surface area contributed by atoms with Crippen LogP contribution in [0.1, 0.15) is 10.4 Å². The van der Waals surface area contributed by atoms with Gasteiger partial charge in [-0.1, -0.05) is 0 Å². The Morgan fingerprint density at radius 2 is 1.88 bits per heavy atom. The summed E-state index contributed by atoms with van der Waals surface area (Å²) < 4.78 is 0. The first-order valence-electron chi connectivity index (χ1n) is 5.01. The topological polar surface area (TPSA) is 98.7 Å². The lowest BCUT2D eigenvalue weighted by Crippen LogP contribution is -2.43. The largest absolute Gasteiger partial charge is 0.480 e. The van der Waals surface area contributed by atoms with Crippen LogP contribution < -0.4 is 10.6 Å². The van der Waals surface area contributed by atoms with Crippen molar-refractivity contribution in [2.24, 2.45) is 0 Å². The molecule has 0 fully saturated rings. The van der Waals surface area contributed by atoms with Crippen molar-refractivity contribution < 1.29 is 19.8 Å². The average molecular weight is 238 g/mol. The average Bonchev–Trinajstić information content (AvgIpc) is 2.35. The number of aliphatic carboxylic acids is 1. The molecule has 1 rings (SSSR count). The normalized spacial score (nSPS) is 11.6. The monoisotopic (exact) mass is 238 g/mol. The molecule has 1 aromatic rings. The number of rotatable bonds is 5. The number of anilines is 1. The molecule has 4 N–H and O–H groups in total. The van der Waals surface area contributed by atoms with E-state index in [2.05, 4.69) is 10.6 Å². The van der Waals surface area contributed by atoms with Gasteiger partial charge in [0.25, 0.3) is 5.91 Å². The molecular weight excluding hydrogens is 224 g/mol. The molecule has 0 spiro atoms. The minimum atomic E-state index is -1.29. The van der Waals surface area contributed by atoms with Crippen molar-refractivity contribution in [2.45, 2.75) is 6.04 Å². The van der Waals surface area contributed by atoms with E-state index in [9.17, 15) is 9.59 Å². The zero-order valence-electron chi connectivity index (χ0n) is 9.30. The molecule has 1 aromatic carbocycles. The summed E-state index contributed by atoms with van der Waals surface area (Å²) in [4.78, 5) is 22.2. The lowest BCUT2D eigenvalue weighted by molar-refractivity contribution is -0.140. The van der Waals surface area contributed by atoms with Gasteiger partial charge in [0.05, 0.1) is 6.61 Å². The molecule has 6 heteroatoms. The molecule has 0 heterocycles. The summed E-state index contributed by atoms with van der Waals surface area (Å²) in [7, 11) is 1.75. The van der Waals surface area contributed by atoms with Crippen LogP contribution in [0.4, 0.5) is 5.69 Å². The minimum Gasteiger partial charge on any atom is -0.480 e. The number of aliphatic hydroxyl groups is 1. The first-order chi connectivity index (χ1) is 8.08. The van der Waals surface area contributed by atoms with Gasteiger partial charge in [-0.15, -0.1) is 0 Å². The molecule has 0 aliphatic heterocycles. The maximum Gasteiger partial charge on any atom is 0.328 e. The number of nitrogens with one attached hydrogen (secondary N) is 2. The molecule has 17 heavy (non-hydrogen) atoms. The number of carboxylic acid groups (broad SMARTS) is 1. The van der Waals surface area contributed by atoms with Gasteiger partial charge in [0.2, 0.25) is 0 Å². The van der Waals surface area contributed by atoms with Crippen LogP contribution in [0.5, 0.6) is 0 Å². The Morgan fingerprint density at radius 3 is 2.29 bits per heavy atom. The first-order valence-corrected chi connectivity index (χ1v) is 5.01. The molecular formula is C11H14N2O4. The van der Waals surface area contributed by atoms with Crippen LogP contribution in [-0.2, 0) is 4.79 Å². The van der Waals surface area contributed by atoms with Crippen LogP contribution in [0.15, 0.2) is 24.3 Å². The number of amides is 1. The molecule has 6 nitrogen and oxygen atoms in total. The van der Waals surface area contributed by atoms with Gasteiger partial charge in [-0.3, -0.25) is 4.79 Å². The third-order valence-corrected chi connectivity index (χ3v) is 2.22. The Kier molecular flexibility index (Phi) is 4.47. The fourth-order valence-corrected chi connectivity index (χ4v) is 1.22. The molecule has 0 saturated heterocycles. The fourth-order valence-electron chi connectivity index (χ4n) is 1.22. The van der Waals surface area contributed by atoms with Gasteiger partial charge >= 0.3 is 5.97 Å². The zero-order valence-corrected chi connectivity index (χ0v) is 9.30. The summed E-state index contributed by atoms with van der Waals surface area (Å²) in [6.07, 6.45) is 0. The van der Waals surface area contributed by atoms with Crippen LogP contribution >= 0.6 is 0 Å². The van der Waals surface area contributed by atoms with E-state index in [4.69, 9.17) is 10.2 Å². The fraction of sp³-hybridized carbons (Fsp3) is 0.273. The predicted octanol–water partition coefficient (Wildman–Crippen LogP) is -0.0964. The number of hydrogen-bond acceptors (Lipinski definition) is 4.